The third kappa shape index (κ3) is 4.23. The first-order valence-electron chi connectivity index (χ1n) is 8.48. The van der Waals surface area contributed by atoms with Gasteiger partial charge in [-0.1, -0.05) is 36.6 Å². The van der Waals surface area contributed by atoms with E-state index in [9.17, 15) is 4.79 Å². The zero-order chi connectivity index (χ0) is 15.4. The Morgan fingerprint density at radius 3 is 2.59 bits per heavy atom. The minimum absolute atomic E-state index is 0.113. The fourth-order valence-electron chi connectivity index (χ4n) is 3.79. The molecule has 3 nitrogen and oxygen atoms in total. The molecule has 0 radical (unpaired) electrons. The number of hydrogen-bond acceptors (Lipinski definition) is 2. The molecule has 22 heavy (non-hydrogen) atoms. The van der Waals surface area contributed by atoms with Crippen LogP contribution in [0.4, 0.5) is 0 Å². The average molecular weight is 321 g/mol. The second kappa shape index (κ2) is 7.47. The first kappa shape index (κ1) is 15.8. The van der Waals surface area contributed by atoms with Crippen LogP contribution in [0.15, 0.2) is 24.3 Å². The van der Waals surface area contributed by atoms with E-state index in [0.29, 0.717) is 17.5 Å². The highest BCUT2D eigenvalue weighted by Crippen LogP contribution is 2.26. The molecule has 0 aromatic heterocycles. The zero-order valence-electron chi connectivity index (χ0n) is 13.1. The molecule has 2 aliphatic rings. The molecule has 0 spiro atoms. The number of hydrogen-bond donors (Lipinski definition) is 1. The molecular weight excluding hydrogens is 296 g/mol. The van der Waals surface area contributed by atoms with Crippen LogP contribution in [0.5, 0.6) is 0 Å². The molecule has 1 N–H and O–H groups in total. The van der Waals surface area contributed by atoms with Crippen LogP contribution in [0, 0.1) is 0 Å². The van der Waals surface area contributed by atoms with Gasteiger partial charge in [-0.25, -0.2) is 0 Å². The first-order chi connectivity index (χ1) is 10.7. The van der Waals surface area contributed by atoms with Crippen molar-refractivity contribution < 1.29 is 4.79 Å². The molecule has 1 aromatic rings. The first-order valence-corrected chi connectivity index (χ1v) is 8.86. The summed E-state index contributed by atoms with van der Waals surface area (Å²) in [6, 6.07) is 8.69. The quantitative estimate of drug-likeness (QED) is 0.922. The molecule has 1 saturated heterocycles. The van der Waals surface area contributed by atoms with E-state index in [1.54, 1.807) is 0 Å². The van der Waals surface area contributed by atoms with Gasteiger partial charge in [-0.05, 0) is 43.4 Å². The molecule has 1 amide bonds. The van der Waals surface area contributed by atoms with Crippen LogP contribution in [0.2, 0.25) is 5.02 Å². The zero-order valence-corrected chi connectivity index (χ0v) is 13.8. The molecule has 1 aliphatic heterocycles. The number of piperidine rings is 1. The van der Waals surface area contributed by atoms with Crippen molar-refractivity contribution in [2.24, 2.45) is 0 Å². The van der Waals surface area contributed by atoms with Gasteiger partial charge < -0.3 is 10.2 Å². The largest absolute Gasteiger partial charge is 0.353 e. The molecule has 3 rings (SSSR count). The Morgan fingerprint density at radius 1 is 1.18 bits per heavy atom. The molecule has 120 valence electrons. The predicted molar refractivity (Wildman–Crippen MR) is 90.1 cm³/mol. The van der Waals surface area contributed by atoms with Crippen molar-refractivity contribution in [2.75, 3.05) is 13.1 Å². The molecular formula is C18H25ClN2O. The maximum absolute atomic E-state index is 12.2. The van der Waals surface area contributed by atoms with Gasteiger partial charge in [0.25, 0.3) is 0 Å². The Kier molecular flexibility index (Phi) is 5.37. The summed E-state index contributed by atoms with van der Waals surface area (Å²) in [5, 5.41) is 3.88. The van der Waals surface area contributed by atoms with E-state index in [0.717, 1.165) is 37.5 Å². The van der Waals surface area contributed by atoms with Gasteiger partial charge in [0, 0.05) is 30.2 Å². The number of amides is 1. The molecule has 4 heteroatoms. The minimum Gasteiger partial charge on any atom is -0.353 e. The summed E-state index contributed by atoms with van der Waals surface area (Å²) in [6.45, 7) is 2.26. The Morgan fingerprint density at radius 2 is 1.91 bits per heavy atom. The van der Waals surface area contributed by atoms with Crippen molar-refractivity contribution in [1.82, 2.24) is 10.2 Å². The summed E-state index contributed by atoms with van der Waals surface area (Å²) in [7, 11) is 0. The minimum atomic E-state index is 0.113. The lowest BCUT2D eigenvalue weighted by atomic mass is 10.0. The van der Waals surface area contributed by atoms with Crippen molar-refractivity contribution in [3.05, 3.63) is 34.9 Å². The third-order valence-electron chi connectivity index (χ3n) is 4.99. The highest BCUT2D eigenvalue weighted by atomic mass is 35.5. The molecule has 0 bridgehead atoms. The van der Waals surface area contributed by atoms with E-state index in [-0.39, 0.29) is 5.91 Å². The molecule has 0 unspecified atom stereocenters. The van der Waals surface area contributed by atoms with E-state index in [4.69, 9.17) is 11.6 Å². The fraction of sp³-hybridized carbons (Fsp3) is 0.611. The van der Waals surface area contributed by atoms with Crippen LogP contribution in [0.25, 0.3) is 0 Å². The Hall–Kier alpha value is -1.06. The summed E-state index contributed by atoms with van der Waals surface area (Å²) < 4.78 is 0. The van der Waals surface area contributed by atoms with Crippen LogP contribution >= 0.6 is 11.6 Å². The SMILES string of the molecule is O=C(Cc1cccc(Cl)c1)NC1CCN(C2CCCC2)CC1. The number of likely N-dealkylation sites (tertiary alicyclic amines) is 1. The van der Waals surface area contributed by atoms with E-state index < -0.39 is 0 Å². The summed E-state index contributed by atoms with van der Waals surface area (Å²) >= 11 is 5.96. The van der Waals surface area contributed by atoms with Gasteiger partial charge in [0.2, 0.25) is 5.91 Å². The fourth-order valence-corrected chi connectivity index (χ4v) is 4.00. The molecule has 2 fully saturated rings. The van der Waals surface area contributed by atoms with Crippen molar-refractivity contribution in [3.8, 4) is 0 Å². The number of carbonyl (C=O) groups excluding carboxylic acids is 1. The monoisotopic (exact) mass is 320 g/mol. The molecule has 1 aromatic carbocycles. The lowest BCUT2D eigenvalue weighted by molar-refractivity contribution is -0.121. The predicted octanol–water partition coefficient (Wildman–Crippen LogP) is 3.41. The van der Waals surface area contributed by atoms with Crippen LogP contribution in [0.1, 0.15) is 44.1 Å². The van der Waals surface area contributed by atoms with Crippen molar-refractivity contribution in [1.29, 1.82) is 0 Å². The normalized spacial score (nSPS) is 21.1. The summed E-state index contributed by atoms with van der Waals surface area (Å²) in [5.41, 5.74) is 0.980. The standard InChI is InChI=1S/C18H25ClN2O/c19-15-5-3-4-14(12-15)13-18(22)20-16-8-10-21(11-9-16)17-6-1-2-7-17/h3-5,12,16-17H,1-2,6-11,13H2,(H,20,22). The number of carbonyl (C=O) groups is 1. The van der Waals surface area contributed by atoms with Gasteiger partial charge >= 0.3 is 0 Å². The number of halogens is 1. The summed E-state index contributed by atoms with van der Waals surface area (Å²) in [6.07, 6.45) is 8.10. The van der Waals surface area contributed by atoms with Crippen LogP contribution in [0.3, 0.4) is 0 Å². The summed E-state index contributed by atoms with van der Waals surface area (Å²) in [5.74, 6) is 0.113. The van der Waals surface area contributed by atoms with Gasteiger partial charge in [0.1, 0.15) is 0 Å². The number of rotatable bonds is 4. The van der Waals surface area contributed by atoms with E-state index in [1.165, 1.54) is 25.7 Å². The second-order valence-electron chi connectivity index (χ2n) is 6.62. The van der Waals surface area contributed by atoms with E-state index >= 15 is 0 Å². The van der Waals surface area contributed by atoms with Gasteiger partial charge in [-0.3, -0.25) is 4.79 Å². The Balaban J connectivity index is 1.43. The van der Waals surface area contributed by atoms with Gasteiger partial charge in [0.05, 0.1) is 6.42 Å². The smallest absolute Gasteiger partial charge is 0.224 e. The number of nitrogens with one attached hydrogen (secondary N) is 1. The third-order valence-corrected chi connectivity index (χ3v) is 5.22. The maximum Gasteiger partial charge on any atom is 0.224 e. The molecule has 0 atom stereocenters. The van der Waals surface area contributed by atoms with Gasteiger partial charge in [0.15, 0.2) is 0 Å². The van der Waals surface area contributed by atoms with Crippen molar-refractivity contribution in [3.63, 3.8) is 0 Å². The summed E-state index contributed by atoms with van der Waals surface area (Å²) in [4.78, 5) is 14.8. The molecule has 1 heterocycles. The highest BCUT2D eigenvalue weighted by Gasteiger charge is 2.27. The van der Waals surface area contributed by atoms with Gasteiger partial charge in [-0.15, -0.1) is 0 Å². The Bertz CT molecular complexity index is 506. The van der Waals surface area contributed by atoms with Crippen LogP contribution < -0.4 is 5.32 Å². The van der Waals surface area contributed by atoms with Crippen LogP contribution in [-0.2, 0) is 11.2 Å². The molecule has 1 saturated carbocycles. The lowest BCUT2D eigenvalue weighted by Gasteiger charge is -2.36. The topological polar surface area (TPSA) is 32.3 Å². The maximum atomic E-state index is 12.2. The molecule has 1 aliphatic carbocycles. The lowest BCUT2D eigenvalue weighted by Crippen LogP contribution is -2.47. The van der Waals surface area contributed by atoms with Crippen LogP contribution in [-0.4, -0.2) is 36.0 Å². The number of benzene rings is 1. The number of nitrogens with zero attached hydrogens (tertiary/aromatic N) is 1. The van der Waals surface area contributed by atoms with Crippen molar-refractivity contribution in [2.45, 2.75) is 57.0 Å². The Labute approximate surface area is 138 Å². The van der Waals surface area contributed by atoms with E-state index in [2.05, 4.69) is 10.2 Å². The van der Waals surface area contributed by atoms with Gasteiger partial charge in [-0.2, -0.15) is 0 Å². The highest BCUT2D eigenvalue weighted by molar-refractivity contribution is 6.30. The second-order valence-corrected chi connectivity index (χ2v) is 7.06. The average Bonchev–Trinajstić information content (AvgIpc) is 3.02. The van der Waals surface area contributed by atoms with Crippen molar-refractivity contribution >= 4 is 17.5 Å². The van der Waals surface area contributed by atoms with E-state index in [1.807, 2.05) is 24.3 Å².